The van der Waals surface area contributed by atoms with Gasteiger partial charge in [0.05, 0.1) is 25.9 Å². The van der Waals surface area contributed by atoms with E-state index in [-0.39, 0.29) is 38.2 Å². The van der Waals surface area contributed by atoms with Gasteiger partial charge in [0.2, 0.25) is 5.91 Å². The van der Waals surface area contributed by atoms with Crippen LogP contribution in [0.3, 0.4) is 0 Å². The van der Waals surface area contributed by atoms with Gasteiger partial charge in [0.1, 0.15) is 0 Å². The molecule has 2 N–H and O–H groups in total. The second-order valence-electron chi connectivity index (χ2n) is 18.4. The van der Waals surface area contributed by atoms with E-state index in [9.17, 15) is 19.8 Å². The Balaban J connectivity index is 3.53. The summed E-state index contributed by atoms with van der Waals surface area (Å²) in [5.74, 6) is 0.000537. The molecule has 0 heterocycles. The Morgan fingerprint density at radius 3 is 1.35 bits per heavy atom. The molecule has 0 saturated carbocycles. The van der Waals surface area contributed by atoms with Gasteiger partial charge in [-0.3, -0.25) is 9.59 Å². The Labute approximate surface area is 385 Å². The largest absolute Gasteiger partial charge is 0.466 e. The van der Waals surface area contributed by atoms with Gasteiger partial charge in [0.15, 0.2) is 0 Å². The highest BCUT2D eigenvalue weighted by atomic mass is 16.5. The van der Waals surface area contributed by atoms with Gasteiger partial charge >= 0.3 is 5.97 Å². The molecule has 7 nitrogen and oxygen atoms in total. The van der Waals surface area contributed by atoms with Gasteiger partial charge in [0, 0.05) is 32.5 Å². The van der Waals surface area contributed by atoms with Crippen LogP contribution in [0, 0.1) is 0 Å². The summed E-state index contributed by atoms with van der Waals surface area (Å²) in [6, 6.07) is 0. The third kappa shape index (κ3) is 47.8. The minimum absolute atomic E-state index is 0.0216. The summed E-state index contributed by atoms with van der Waals surface area (Å²) in [4.78, 5) is 26.5. The highest BCUT2D eigenvalue weighted by molar-refractivity contribution is 5.76. The van der Waals surface area contributed by atoms with E-state index >= 15 is 0 Å². The summed E-state index contributed by atoms with van der Waals surface area (Å²) < 4.78 is 11.2. The van der Waals surface area contributed by atoms with E-state index < -0.39 is 6.10 Å². The van der Waals surface area contributed by atoms with Crippen molar-refractivity contribution in [2.75, 3.05) is 39.5 Å². The molecular weight excluding hydrogens is 771 g/mol. The molecule has 0 aliphatic rings. The Hall–Kier alpha value is -1.70. The van der Waals surface area contributed by atoms with E-state index in [2.05, 4.69) is 38.2 Å². The SMILES string of the molecule is CCCCC/C=C\C/C=C\CCCCCCCC(=O)OCCCCCCCCCCCCCCCC(=O)N(CCO)CC(O)COCCCCCCCCCCCCCCCC. The van der Waals surface area contributed by atoms with Gasteiger partial charge in [-0.25, -0.2) is 0 Å². The van der Waals surface area contributed by atoms with Crippen molar-refractivity contribution < 1.29 is 29.3 Å². The zero-order valence-electron chi connectivity index (χ0n) is 41.4. The molecule has 366 valence electrons. The first-order valence-electron chi connectivity index (χ1n) is 27.1. The predicted molar refractivity (Wildman–Crippen MR) is 266 cm³/mol. The molecule has 1 amide bonds. The fourth-order valence-electron chi connectivity index (χ4n) is 8.18. The Bertz CT molecular complexity index is 969. The molecule has 0 rings (SSSR count). The number of carbonyl (C=O) groups excluding carboxylic acids is 2. The molecule has 0 aromatic heterocycles. The van der Waals surface area contributed by atoms with Crippen LogP contribution in [0.15, 0.2) is 24.3 Å². The number of rotatable bonds is 51. The van der Waals surface area contributed by atoms with E-state index in [1.54, 1.807) is 4.90 Å². The number of aliphatic hydroxyl groups excluding tert-OH is 2. The summed E-state index contributed by atoms with van der Waals surface area (Å²) in [6.07, 6.45) is 56.6. The van der Waals surface area contributed by atoms with E-state index in [4.69, 9.17) is 9.47 Å². The molecule has 0 spiro atoms. The van der Waals surface area contributed by atoms with Crippen molar-refractivity contribution in [1.82, 2.24) is 4.90 Å². The second-order valence-corrected chi connectivity index (χ2v) is 18.4. The van der Waals surface area contributed by atoms with Crippen molar-refractivity contribution >= 4 is 11.9 Å². The molecule has 0 aromatic rings. The molecule has 0 aliphatic carbocycles. The van der Waals surface area contributed by atoms with Crippen molar-refractivity contribution in [1.29, 1.82) is 0 Å². The lowest BCUT2D eigenvalue weighted by molar-refractivity contribution is -0.144. The zero-order valence-corrected chi connectivity index (χ0v) is 41.4. The molecule has 0 fully saturated rings. The van der Waals surface area contributed by atoms with E-state index in [0.717, 1.165) is 64.2 Å². The number of aliphatic hydroxyl groups is 2. The maximum absolute atomic E-state index is 12.8. The average Bonchev–Trinajstić information content (AvgIpc) is 3.27. The molecule has 0 radical (unpaired) electrons. The highest BCUT2D eigenvalue weighted by Crippen LogP contribution is 2.16. The van der Waals surface area contributed by atoms with Crippen LogP contribution < -0.4 is 0 Å². The number of allylic oxidation sites excluding steroid dienone is 4. The van der Waals surface area contributed by atoms with Gasteiger partial charge < -0.3 is 24.6 Å². The van der Waals surface area contributed by atoms with Crippen molar-refractivity contribution in [3.05, 3.63) is 24.3 Å². The lowest BCUT2D eigenvalue weighted by atomic mass is 10.0. The molecule has 1 unspecified atom stereocenters. The number of amides is 1. The Morgan fingerprint density at radius 1 is 0.484 bits per heavy atom. The van der Waals surface area contributed by atoms with Crippen LogP contribution in [-0.4, -0.2) is 72.6 Å². The number of carbonyl (C=O) groups is 2. The maximum atomic E-state index is 12.8. The predicted octanol–water partition coefficient (Wildman–Crippen LogP) is 15.5. The molecule has 7 heteroatoms. The number of hydrogen-bond donors (Lipinski definition) is 2. The summed E-state index contributed by atoms with van der Waals surface area (Å²) >= 11 is 0. The third-order valence-electron chi connectivity index (χ3n) is 12.2. The summed E-state index contributed by atoms with van der Waals surface area (Å²) in [5, 5.41) is 20.0. The first-order valence-corrected chi connectivity index (χ1v) is 27.1. The van der Waals surface area contributed by atoms with E-state index in [1.807, 2.05) is 0 Å². The standard InChI is InChI=1S/C55H105NO6/c1-3-5-7-9-11-13-15-17-19-22-26-30-34-38-42-46-55(60)62-50-44-40-36-32-28-24-20-21-25-29-33-37-41-45-54(59)56(47-48-57)51-53(58)52-61-49-43-39-35-31-27-23-18-16-14-12-10-8-6-4-2/h11,13,17,19,53,57-58H,3-10,12,14-16,18,20-52H2,1-2H3/b13-11-,19-17-. The van der Waals surface area contributed by atoms with Gasteiger partial charge in [-0.2, -0.15) is 0 Å². The fraction of sp³-hybridized carbons (Fsp3) is 0.891. The topological polar surface area (TPSA) is 96.3 Å². The van der Waals surface area contributed by atoms with Crippen LogP contribution in [0.1, 0.15) is 271 Å². The molecule has 0 bridgehead atoms. The molecular formula is C55H105NO6. The monoisotopic (exact) mass is 876 g/mol. The first kappa shape index (κ1) is 60.3. The molecule has 0 aliphatic heterocycles. The van der Waals surface area contributed by atoms with E-state index in [0.29, 0.717) is 26.1 Å². The molecule has 62 heavy (non-hydrogen) atoms. The fourth-order valence-corrected chi connectivity index (χ4v) is 8.18. The Morgan fingerprint density at radius 2 is 0.871 bits per heavy atom. The maximum Gasteiger partial charge on any atom is 0.305 e. The highest BCUT2D eigenvalue weighted by Gasteiger charge is 2.17. The summed E-state index contributed by atoms with van der Waals surface area (Å²) in [5.41, 5.74) is 0. The molecule has 1 atom stereocenters. The van der Waals surface area contributed by atoms with Crippen LogP contribution in [0.25, 0.3) is 0 Å². The molecule has 0 aromatic carbocycles. The summed E-state index contributed by atoms with van der Waals surface area (Å²) in [6.45, 7) is 6.40. The zero-order chi connectivity index (χ0) is 45.1. The number of ether oxygens (including phenoxy) is 2. The van der Waals surface area contributed by atoms with Crippen LogP contribution in [0.2, 0.25) is 0 Å². The lowest BCUT2D eigenvalue weighted by Crippen LogP contribution is -2.40. The van der Waals surface area contributed by atoms with Crippen LogP contribution in [-0.2, 0) is 19.1 Å². The van der Waals surface area contributed by atoms with Crippen LogP contribution in [0.5, 0.6) is 0 Å². The number of unbranched alkanes of at least 4 members (excludes halogenated alkanes) is 33. The van der Waals surface area contributed by atoms with Crippen LogP contribution in [0.4, 0.5) is 0 Å². The van der Waals surface area contributed by atoms with Gasteiger partial charge in [-0.1, -0.05) is 224 Å². The summed E-state index contributed by atoms with van der Waals surface area (Å²) in [7, 11) is 0. The van der Waals surface area contributed by atoms with Crippen molar-refractivity contribution in [3.8, 4) is 0 Å². The van der Waals surface area contributed by atoms with Gasteiger partial charge in [0.25, 0.3) is 0 Å². The number of hydrogen-bond acceptors (Lipinski definition) is 6. The first-order chi connectivity index (χ1) is 30.5. The van der Waals surface area contributed by atoms with Crippen molar-refractivity contribution in [2.24, 2.45) is 0 Å². The van der Waals surface area contributed by atoms with Gasteiger partial charge in [-0.15, -0.1) is 0 Å². The average molecular weight is 876 g/mol. The normalized spacial score (nSPS) is 12.3. The lowest BCUT2D eigenvalue weighted by Gasteiger charge is -2.24. The quantitative estimate of drug-likeness (QED) is 0.0359. The smallest absolute Gasteiger partial charge is 0.305 e. The third-order valence-corrected chi connectivity index (χ3v) is 12.2. The second kappa shape index (κ2) is 51.9. The van der Waals surface area contributed by atoms with Gasteiger partial charge in [-0.05, 0) is 57.8 Å². The van der Waals surface area contributed by atoms with E-state index in [1.165, 1.54) is 180 Å². The van der Waals surface area contributed by atoms with Crippen LogP contribution >= 0.6 is 0 Å². The number of esters is 1. The van der Waals surface area contributed by atoms with Crippen molar-refractivity contribution in [2.45, 2.75) is 277 Å². The number of nitrogens with zero attached hydrogens (tertiary/aromatic N) is 1. The minimum Gasteiger partial charge on any atom is -0.466 e. The Kier molecular flexibility index (Phi) is 50.5. The van der Waals surface area contributed by atoms with Crippen molar-refractivity contribution in [3.63, 3.8) is 0 Å². The minimum atomic E-state index is -0.718. The molecule has 0 saturated heterocycles.